The van der Waals surface area contributed by atoms with Crippen LogP contribution >= 0.6 is 11.8 Å². The second-order valence-electron chi connectivity index (χ2n) is 6.88. The van der Waals surface area contributed by atoms with Gasteiger partial charge in [-0.1, -0.05) is 43.0 Å². The Hall–Kier alpha value is -3.00. The first-order valence-corrected chi connectivity index (χ1v) is 11.3. The van der Waals surface area contributed by atoms with E-state index in [9.17, 15) is 4.79 Å². The number of rotatable bonds is 10. The minimum absolute atomic E-state index is 0.137. The largest absolute Gasteiger partial charge is 0.495 e. The molecule has 7 nitrogen and oxygen atoms in total. The highest BCUT2D eigenvalue weighted by molar-refractivity contribution is 7.99. The van der Waals surface area contributed by atoms with Crippen molar-refractivity contribution in [2.24, 2.45) is 0 Å². The molecular formula is C23H28N4O3S. The monoisotopic (exact) mass is 440 g/mol. The highest BCUT2D eigenvalue weighted by atomic mass is 32.2. The first-order chi connectivity index (χ1) is 15.0. The van der Waals surface area contributed by atoms with Gasteiger partial charge in [0.1, 0.15) is 11.5 Å². The number of para-hydroxylation sites is 2. The van der Waals surface area contributed by atoms with E-state index in [1.54, 1.807) is 19.2 Å². The molecule has 3 rings (SSSR count). The third kappa shape index (κ3) is 5.79. The van der Waals surface area contributed by atoms with Crippen LogP contribution < -0.4 is 14.8 Å². The number of carbonyl (C=O) groups is 1. The van der Waals surface area contributed by atoms with E-state index in [1.165, 1.54) is 17.3 Å². The zero-order valence-electron chi connectivity index (χ0n) is 18.3. The number of aryl methyl sites for hydroxylation is 1. The normalized spacial score (nSPS) is 11.7. The number of amides is 1. The third-order valence-corrected chi connectivity index (χ3v) is 5.75. The van der Waals surface area contributed by atoms with Crippen LogP contribution in [0.3, 0.4) is 0 Å². The van der Waals surface area contributed by atoms with Gasteiger partial charge in [0.25, 0.3) is 0 Å². The molecule has 31 heavy (non-hydrogen) atoms. The third-order valence-electron chi connectivity index (χ3n) is 4.78. The van der Waals surface area contributed by atoms with Crippen molar-refractivity contribution in [1.82, 2.24) is 14.8 Å². The van der Waals surface area contributed by atoms with Gasteiger partial charge in [-0.25, -0.2) is 0 Å². The summed E-state index contributed by atoms with van der Waals surface area (Å²) in [6.07, 6.45) is 0.724. The predicted octanol–water partition coefficient (Wildman–Crippen LogP) is 4.74. The molecule has 1 heterocycles. The van der Waals surface area contributed by atoms with Crippen LogP contribution in [0.1, 0.15) is 38.3 Å². The maximum atomic E-state index is 12.4. The summed E-state index contributed by atoms with van der Waals surface area (Å²) < 4.78 is 13.3. The van der Waals surface area contributed by atoms with Crippen LogP contribution in [0.5, 0.6) is 11.5 Å². The van der Waals surface area contributed by atoms with Gasteiger partial charge in [0, 0.05) is 6.54 Å². The van der Waals surface area contributed by atoms with E-state index in [1.807, 2.05) is 42.7 Å². The molecule has 1 aromatic heterocycles. The number of methoxy groups -OCH3 is 1. The Bertz CT molecular complexity index is 1000. The van der Waals surface area contributed by atoms with Gasteiger partial charge in [0.05, 0.1) is 18.6 Å². The molecule has 164 valence electrons. The molecule has 1 amide bonds. The number of anilines is 1. The zero-order chi connectivity index (χ0) is 22.2. The quantitative estimate of drug-likeness (QED) is 0.459. The fraction of sp³-hybridized carbons (Fsp3) is 0.348. The highest BCUT2D eigenvalue weighted by Crippen LogP contribution is 2.26. The fourth-order valence-corrected chi connectivity index (χ4v) is 3.94. The lowest BCUT2D eigenvalue weighted by atomic mass is 10.2. The summed E-state index contributed by atoms with van der Waals surface area (Å²) in [6.45, 7) is 6.78. The van der Waals surface area contributed by atoms with E-state index < -0.39 is 0 Å². The summed E-state index contributed by atoms with van der Waals surface area (Å²) in [4.78, 5) is 12.4. The molecular weight excluding hydrogens is 412 g/mol. The molecule has 0 saturated carbocycles. The van der Waals surface area contributed by atoms with Crippen molar-refractivity contribution < 1.29 is 14.3 Å². The van der Waals surface area contributed by atoms with Crippen molar-refractivity contribution in [2.75, 3.05) is 18.2 Å². The Morgan fingerprint density at radius 1 is 1.13 bits per heavy atom. The molecule has 8 heteroatoms. The van der Waals surface area contributed by atoms with Gasteiger partial charge in [-0.2, -0.15) is 0 Å². The summed E-state index contributed by atoms with van der Waals surface area (Å²) in [5, 5.41) is 12.2. The number of carbonyl (C=O) groups excluding carboxylic acids is 1. The number of hydrogen-bond donors (Lipinski definition) is 1. The number of nitrogens with zero attached hydrogens (tertiary/aromatic N) is 3. The van der Waals surface area contributed by atoms with Crippen LogP contribution in [-0.4, -0.2) is 33.5 Å². The topological polar surface area (TPSA) is 78.3 Å². The molecule has 0 bridgehead atoms. The molecule has 0 aliphatic heterocycles. The van der Waals surface area contributed by atoms with Gasteiger partial charge >= 0.3 is 0 Å². The number of benzene rings is 2. The van der Waals surface area contributed by atoms with Gasteiger partial charge in [-0.15, -0.1) is 10.2 Å². The number of thioether (sulfide) groups is 1. The van der Waals surface area contributed by atoms with Crippen LogP contribution in [-0.2, 0) is 17.8 Å². The van der Waals surface area contributed by atoms with Crippen molar-refractivity contribution in [3.8, 4) is 11.5 Å². The van der Waals surface area contributed by atoms with Gasteiger partial charge in [-0.3, -0.25) is 4.79 Å². The molecule has 0 saturated heterocycles. The molecule has 0 radical (unpaired) electrons. The Kier molecular flexibility index (Phi) is 7.94. The Morgan fingerprint density at radius 2 is 1.87 bits per heavy atom. The minimum atomic E-state index is -0.267. The van der Waals surface area contributed by atoms with Gasteiger partial charge in [0.15, 0.2) is 17.1 Å². The van der Waals surface area contributed by atoms with Crippen LogP contribution in [0, 0.1) is 0 Å². The molecule has 0 unspecified atom stereocenters. The molecule has 0 aliphatic carbocycles. The summed E-state index contributed by atoms with van der Waals surface area (Å²) in [5.74, 6) is 2.22. The molecule has 0 spiro atoms. The van der Waals surface area contributed by atoms with Crippen molar-refractivity contribution >= 4 is 23.4 Å². The lowest BCUT2D eigenvalue weighted by Crippen LogP contribution is -2.16. The van der Waals surface area contributed by atoms with Crippen molar-refractivity contribution in [1.29, 1.82) is 0 Å². The van der Waals surface area contributed by atoms with Gasteiger partial charge < -0.3 is 19.4 Å². The zero-order valence-corrected chi connectivity index (χ0v) is 19.1. The maximum Gasteiger partial charge on any atom is 0.234 e. The Balaban J connectivity index is 1.63. The number of aromatic nitrogens is 3. The molecule has 2 aromatic carbocycles. The van der Waals surface area contributed by atoms with E-state index >= 15 is 0 Å². The minimum Gasteiger partial charge on any atom is -0.495 e. The van der Waals surface area contributed by atoms with E-state index in [0.717, 1.165) is 18.0 Å². The van der Waals surface area contributed by atoms with Crippen molar-refractivity contribution in [3.63, 3.8) is 0 Å². The van der Waals surface area contributed by atoms with E-state index in [4.69, 9.17) is 9.47 Å². The summed E-state index contributed by atoms with van der Waals surface area (Å²) in [7, 11) is 1.58. The van der Waals surface area contributed by atoms with Gasteiger partial charge in [0.2, 0.25) is 5.91 Å². The Morgan fingerprint density at radius 3 is 2.55 bits per heavy atom. The molecule has 1 N–H and O–H groups in total. The highest BCUT2D eigenvalue weighted by Gasteiger charge is 2.19. The van der Waals surface area contributed by atoms with Crippen LogP contribution in [0.4, 0.5) is 5.69 Å². The predicted molar refractivity (Wildman–Crippen MR) is 123 cm³/mol. The molecule has 0 fully saturated rings. The number of nitrogens with one attached hydrogen (secondary N) is 1. The smallest absolute Gasteiger partial charge is 0.234 e. The molecule has 0 aliphatic rings. The second kappa shape index (κ2) is 10.9. The van der Waals surface area contributed by atoms with Crippen molar-refractivity contribution in [3.05, 3.63) is 59.9 Å². The first-order valence-electron chi connectivity index (χ1n) is 10.3. The Labute approximate surface area is 187 Å². The number of hydrogen-bond acceptors (Lipinski definition) is 6. The lowest BCUT2D eigenvalue weighted by molar-refractivity contribution is -0.113. The maximum absolute atomic E-state index is 12.4. The van der Waals surface area contributed by atoms with E-state index in [2.05, 4.69) is 34.6 Å². The van der Waals surface area contributed by atoms with Gasteiger partial charge in [-0.05, 0) is 50.1 Å². The lowest BCUT2D eigenvalue weighted by Gasteiger charge is -2.16. The fourth-order valence-electron chi connectivity index (χ4n) is 3.13. The summed E-state index contributed by atoms with van der Waals surface area (Å²) in [5.41, 5.74) is 1.91. The number of ether oxygens (including phenoxy) is 2. The standard InChI is InChI=1S/C23H28N4O3S/c1-5-17-11-13-18(14-12-17)30-16(3)22-25-26-23(27(22)6-2)31-15-21(28)24-19-9-7-8-10-20(19)29-4/h7-14,16H,5-6,15H2,1-4H3,(H,24,28)/t16-/m1/s1. The first kappa shape index (κ1) is 22.7. The summed E-state index contributed by atoms with van der Waals surface area (Å²) >= 11 is 1.34. The molecule has 1 atom stereocenters. The van der Waals surface area contributed by atoms with Crippen LogP contribution in [0.15, 0.2) is 53.7 Å². The van der Waals surface area contributed by atoms with Crippen molar-refractivity contribution in [2.45, 2.75) is 45.0 Å². The SMILES string of the molecule is CCc1ccc(O[C@H](C)c2nnc(SCC(=O)Nc3ccccc3OC)n2CC)cc1. The average Bonchev–Trinajstić information content (AvgIpc) is 3.21. The van der Waals surface area contributed by atoms with Crippen LogP contribution in [0.25, 0.3) is 0 Å². The molecule has 3 aromatic rings. The average molecular weight is 441 g/mol. The van der Waals surface area contributed by atoms with Crippen LogP contribution in [0.2, 0.25) is 0 Å². The van der Waals surface area contributed by atoms with E-state index in [0.29, 0.717) is 23.1 Å². The second-order valence-corrected chi connectivity index (χ2v) is 7.82. The van der Waals surface area contributed by atoms with E-state index in [-0.39, 0.29) is 17.8 Å². The summed E-state index contributed by atoms with van der Waals surface area (Å²) in [6, 6.07) is 15.4.